The van der Waals surface area contributed by atoms with Crippen molar-refractivity contribution in [1.82, 2.24) is 15.0 Å². The van der Waals surface area contributed by atoms with Crippen LogP contribution in [0.3, 0.4) is 0 Å². The third-order valence-electron chi connectivity index (χ3n) is 3.35. The van der Waals surface area contributed by atoms with Crippen molar-refractivity contribution in [1.29, 1.82) is 0 Å². The minimum Gasteiger partial charge on any atom is -0.497 e. The molecule has 1 atom stereocenters. The molecular formula is C15H14ClN3O. The van der Waals surface area contributed by atoms with Crippen LogP contribution in [0.5, 0.6) is 5.75 Å². The van der Waals surface area contributed by atoms with E-state index in [-0.39, 0.29) is 5.92 Å². The molecule has 0 aliphatic heterocycles. The molecule has 1 unspecified atom stereocenters. The number of aromatic amines is 1. The third kappa shape index (κ3) is 2.34. The van der Waals surface area contributed by atoms with Crippen molar-refractivity contribution in [2.45, 2.75) is 12.8 Å². The summed E-state index contributed by atoms with van der Waals surface area (Å²) in [5.74, 6) is 1.87. The van der Waals surface area contributed by atoms with Gasteiger partial charge in [-0.1, -0.05) is 30.7 Å². The van der Waals surface area contributed by atoms with Gasteiger partial charge in [-0.05, 0) is 23.8 Å². The molecule has 20 heavy (non-hydrogen) atoms. The van der Waals surface area contributed by atoms with Gasteiger partial charge >= 0.3 is 0 Å². The predicted molar refractivity (Wildman–Crippen MR) is 79.4 cm³/mol. The smallest absolute Gasteiger partial charge is 0.157 e. The van der Waals surface area contributed by atoms with E-state index in [0.717, 1.165) is 28.3 Å². The average Bonchev–Trinajstić information content (AvgIpc) is 2.89. The highest BCUT2D eigenvalue weighted by molar-refractivity contribution is 6.31. The molecule has 0 saturated carbocycles. The van der Waals surface area contributed by atoms with Gasteiger partial charge in [0.15, 0.2) is 5.65 Å². The Morgan fingerprint density at radius 1 is 1.25 bits per heavy atom. The van der Waals surface area contributed by atoms with Gasteiger partial charge in [0.2, 0.25) is 0 Å². The summed E-state index contributed by atoms with van der Waals surface area (Å²) in [6.45, 7) is 2.10. The van der Waals surface area contributed by atoms with Crippen molar-refractivity contribution in [3.05, 3.63) is 52.9 Å². The highest BCUT2D eigenvalue weighted by Crippen LogP contribution is 2.25. The lowest BCUT2D eigenvalue weighted by Crippen LogP contribution is -1.98. The molecule has 102 valence electrons. The van der Waals surface area contributed by atoms with Crippen molar-refractivity contribution in [3.63, 3.8) is 0 Å². The van der Waals surface area contributed by atoms with E-state index in [9.17, 15) is 0 Å². The lowest BCUT2D eigenvalue weighted by atomic mass is 10.0. The van der Waals surface area contributed by atoms with Gasteiger partial charge in [-0.25, -0.2) is 9.97 Å². The summed E-state index contributed by atoms with van der Waals surface area (Å²) in [7, 11) is 1.66. The van der Waals surface area contributed by atoms with Crippen LogP contribution < -0.4 is 4.74 Å². The molecule has 0 bridgehead atoms. The molecule has 0 radical (unpaired) electrons. The predicted octanol–water partition coefficient (Wildman–Crippen LogP) is 3.77. The van der Waals surface area contributed by atoms with Crippen molar-refractivity contribution in [2.24, 2.45) is 0 Å². The molecule has 0 spiro atoms. The van der Waals surface area contributed by atoms with Crippen molar-refractivity contribution >= 4 is 22.8 Å². The molecule has 4 nitrogen and oxygen atoms in total. The summed E-state index contributed by atoms with van der Waals surface area (Å²) < 4.78 is 5.17. The number of fused-ring (bicyclic) bond motifs is 1. The molecule has 2 aromatic heterocycles. The molecule has 0 aliphatic carbocycles. The van der Waals surface area contributed by atoms with Gasteiger partial charge in [0.1, 0.15) is 17.1 Å². The van der Waals surface area contributed by atoms with Crippen LogP contribution in [0.25, 0.3) is 11.2 Å². The normalized spacial score (nSPS) is 12.6. The fourth-order valence-electron chi connectivity index (χ4n) is 2.14. The van der Waals surface area contributed by atoms with E-state index in [2.05, 4.69) is 21.9 Å². The highest BCUT2D eigenvalue weighted by atomic mass is 35.5. The highest BCUT2D eigenvalue weighted by Gasteiger charge is 2.13. The number of hydrogen-bond acceptors (Lipinski definition) is 3. The summed E-state index contributed by atoms with van der Waals surface area (Å²) in [4.78, 5) is 12.0. The first-order valence-electron chi connectivity index (χ1n) is 6.32. The van der Waals surface area contributed by atoms with E-state index < -0.39 is 0 Å². The third-order valence-corrected chi connectivity index (χ3v) is 3.55. The zero-order valence-electron chi connectivity index (χ0n) is 11.2. The number of ether oxygens (including phenoxy) is 1. The van der Waals surface area contributed by atoms with Gasteiger partial charge in [0.25, 0.3) is 0 Å². The second kappa shape index (κ2) is 5.13. The summed E-state index contributed by atoms with van der Waals surface area (Å²) in [6, 6.07) is 9.78. The monoisotopic (exact) mass is 287 g/mol. The topological polar surface area (TPSA) is 50.8 Å². The maximum Gasteiger partial charge on any atom is 0.157 e. The number of halogens is 1. The number of rotatable bonds is 3. The zero-order chi connectivity index (χ0) is 14.1. The number of nitrogens with zero attached hydrogens (tertiary/aromatic N) is 2. The first kappa shape index (κ1) is 12.9. The molecule has 1 N–H and O–H groups in total. The van der Waals surface area contributed by atoms with Crippen LogP contribution in [-0.2, 0) is 0 Å². The fourth-order valence-corrected chi connectivity index (χ4v) is 2.30. The summed E-state index contributed by atoms with van der Waals surface area (Å²) in [5, 5.41) is 0.590. The number of aromatic nitrogens is 3. The number of imidazole rings is 1. The number of benzene rings is 1. The first-order chi connectivity index (χ1) is 9.67. The minimum atomic E-state index is 0.147. The maximum atomic E-state index is 5.93. The Morgan fingerprint density at radius 3 is 2.70 bits per heavy atom. The van der Waals surface area contributed by atoms with Crippen LogP contribution in [-0.4, -0.2) is 22.1 Å². The quantitative estimate of drug-likeness (QED) is 0.798. The largest absolute Gasteiger partial charge is 0.497 e. The molecule has 0 fully saturated rings. The molecular weight excluding hydrogens is 274 g/mol. The molecule has 1 aromatic carbocycles. The van der Waals surface area contributed by atoms with E-state index in [4.69, 9.17) is 16.3 Å². The lowest BCUT2D eigenvalue weighted by molar-refractivity contribution is 0.414. The van der Waals surface area contributed by atoms with Gasteiger partial charge < -0.3 is 9.72 Å². The van der Waals surface area contributed by atoms with Crippen LogP contribution in [0.1, 0.15) is 24.2 Å². The van der Waals surface area contributed by atoms with Gasteiger partial charge in [0.05, 0.1) is 12.1 Å². The average molecular weight is 288 g/mol. The SMILES string of the molecule is COc1ccc(C(C)c2nc3cc(Cl)cnc3[nH]2)cc1. The summed E-state index contributed by atoms with van der Waals surface area (Å²) in [6.07, 6.45) is 1.61. The van der Waals surface area contributed by atoms with Crippen LogP contribution in [0.4, 0.5) is 0 Å². The standard InChI is InChI=1S/C15H14ClN3O/c1-9(10-3-5-12(20-2)6-4-10)14-18-13-7-11(16)8-17-15(13)19-14/h3-9H,1-2H3,(H,17,18,19). The maximum absolute atomic E-state index is 5.93. The number of H-pyrrole nitrogens is 1. The number of pyridine rings is 1. The molecule has 0 aliphatic rings. The Hall–Kier alpha value is -2.07. The Bertz CT molecular complexity index is 736. The molecule has 5 heteroatoms. The molecule has 3 rings (SSSR count). The van der Waals surface area contributed by atoms with Crippen LogP contribution in [0.2, 0.25) is 5.02 Å². The molecule has 2 heterocycles. The second-order valence-corrected chi connectivity index (χ2v) is 5.07. The van der Waals surface area contributed by atoms with Gasteiger partial charge in [-0.2, -0.15) is 0 Å². The zero-order valence-corrected chi connectivity index (χ0v) is 12.0. The lowest BCUT2D eigenvalue weighted by Gasteiger charge is -2.09. The Morgan fingerprint density at radius 2 is 2.00 bits per heavy atom. The number of nitrogens with one attached hydrogen (secondary N) is 1. The van der Waals surface area contributed by atoms with Crippen molar-refractivity contribution in [2.75, 3.05) is 7.11 Å². The first-order valence-corrected chi connectivity index (χ1v) is 6.70. The second-order valence-electron chi connectivity index (χ2n) is 4.64. The van der Waals surface area contributed by atoms with E-state index in [1.807, 2.05) is 30.3 Å². The van der Waals surface area contributed by atoms with Crippen molar-refractivity contribution in [3.8, 4) is 5.75 Å². The molecule has 3 aromatic rings. The molecule has 0 saturated heterocycles. The van der Waals surface area contributed by atoms with E-state index in [0.29, 0.717) is 5.02 Å². The number of methoxy groups -OCH3 is 1. The fraction of sp³-hybridized carbons (Fsp3) is 0.200. The van der Waals surface area contributed by atoms with E-state index >= 15 is 0 Å². The van der Waals surface area contributed by atoms with E-state index in [1.165, 1.54) is 0 Å². The van der Waals surface area contributed by atoms with Gasteiger partial charge in [-0.3, -0.25) is 0 Å². The summed E-state index contributed by atoms with van der Waals surface area (Å²) >= 11 is 5.93. The van der Waals surface area contributed by atoms with Crippen molar-refractivity contribution < 1.29 is 4.74 Å². The Balaban J connectivity index is 1.96. The summed E-state index contributed by atoms with van der Waals surface area (Å²) in [5.41, 5.74) is 2.70. The van der Waals surface area contributed by atoms with Crippen LogP contribution in [0, 0.1) is 0 Å². The van der Waals surface area contributed by atoms with E-state index in [1.54, 1.807) is 13.3 Å². The Kier molecular flexibility index (Phi) is 3.32. The van der Waals surface area contributed by atoms with Gasteiger partial charge in [-0.15, -0.1) is 0 Å². The minimum absolute atomic E-state index is 0.147. The Labute approximate surface area is 121 Å². The molecule has 0 amide bonds. The van der Waals surface area contributed by atoms with Gasteiger partial charge in [0, 0.05) is 12.1 Å². The van der Waals surface area contributed by atoms with Crippen LogP contribution >= 0.6 is 11.6 Å². The number of hydrogen-bond donors (Lipinski definition) is 1. The van der Waals surface area contributed by atoms with Crippen LogP contribution in [0.15, 0.2) is 36.5 Å².